The minimum absolute atomic E-state index is 0.0307. The number of amides is 1. The number of benzene rings is 1. The predicted molar refractivity (Wildman–Crippen MR) is 175 cm³/mol. The van der Waals surface area contributed by atoms with E-state index < -0.39 is 34.2 Å². The van der Waals surface area contributed by atoms with Gasteiger partial charge < -0.3 is 29.2 Å². The number of ether oxygens (including phenoxy) is 1. The largest absolute Gasteiger partial charge is 0.442 e. The van der Waals surface area contributed by atoms with Crippen LogP contribution in [0.3, 0.4) is 0 Å². The summed E-state index contributed by atoms with van der Waals surface area (Å²) in [6.07, 6.45) is 8.10. The molecule has 2 saturated heterocycles. The van der Waals surface area contributed by atoms with Crippen LogP contribution in [0, 0.1) is 17.8 Å². The van der Waals surface area contributed by atoms with Gasteiger partial charge in [0.15, 0.2) is 0 Å². The molecule has 0 bridgehead atoms. The van der Waals surface area contributed by atoms with Gasteiger partial charge in [0.25, 0.3) is 0 Å². The quantitative estimate of drug-likeness (QED) is 0.220. The molecule has 2 heterocycles. The van der Waals surface area contributed by atoms with Crippen LogP contribution in [0.1, 0.15) is 65.4 Å². The highest BCUT2D eigenvalue weighted by Gasteiger charge is 2.32. The zero-order valence-corrected chi connectivity index (χ0v) is 28.2. The third-order valence-electron chi connectivity index (χ3n) is 9.08. The van der Waals surface area contributed by atoms with Gasteiger partial charge in [0.1, 0.15) is 18.7 Å². The molecular formula is C34H51N3O7S. The summed E-state index contributed by atoms with van der Waals surface area (Å²) < 4.78 is 34.0. The fraction of sp³-hybridized carbons (Fsp3) is 0.618. The molecule has 11 heteroatoms. The highest BCUT2D eigenvalue weighted by molar-refractivity contribution is 7.89. The number of carbonyl (C=O) groups excluding carboxylic acids is 3. The lowest BCUT2D eigenvalue weighted by atomic mass is 9.86. The SMILES string of the molecule is C/C(=C\c1cccc(S(=O)(=O)N2CCC[C@@H]2C)c1)[C@@H](C=O)[C@@H](C)/C=C/[C@H](OC(=O)N1CCN(C)CC1)[C@H](C)CC[C@H](O)CC=O. The van der Waals surface area contributed by atoms with E-state index in [0.29, 0.717) is 44.3 Å². The summed E-state index contributed by atoms with van der Waals surface area (Å²) in [5.74, 6) is -0.867. The van der Waals surface area contributed by atoms with Crippen LogP contribution >= 0.6 is 0 Å². The van der Waals surface area contributed by atoms with Crippen molar-refractivity contribution in [3.05, 3.63) is 47.6 Å². The van der Waals surface area contributed by atoms with Gasteiger partial charge in [-0.05, 0) is 82.2 Å². The number of aliphatic hydroxyl groups excluding tert-OH is 1. The van der Waals surface area contributed by atoms with Crippen molar-refractivity contribution in [2.75, 3.05) is 39.8 Å². The smallest absolute Gasteiger partial charge is 0.410 e. The Kier molecular flexibility index (Phi) is 14.0. The van der Waals surface area contributed by atoms with Gasteiger partial charge in [-0.3, -0.25) is 0 Å². The second-order valence-electron chi connectivity index (χ2n) is 12.7. The van der Waals surface area contributed by atoms with Gasteiger partial charge in [0.2, 0.25) is 10.0 Å². The van der Waals surface area contributed by atoms with Crippen molar-refractivity contribution >= 4 is 34.8 Å². The lowest BCUT2D eigenvalue weighted by Gasteiger charge is -2.33. The van der Waals surface area contributed by atoms with Crippen molar-refractivity contribution in [2.45, 2.75) is 82.9 Å². The molecule has 1 amide bonds. The number of piperazine rings is 1. The lowest BCUT2D eigenvalue weighted by Crippen LogP contribution is -2.48. The van der Waals surface area contributed by atoms with Crippen LogP contribution < -0.4 is 0 Å². The lowest BCUT2D eigenvalue weighted by molar-refractivity contribution is -0.111. The Morgan fingerprint density at radius 3 is 2.42 bits per heavy atom. The standard InChI is InChI=1S/C34H51N3O7S/c1-25(12-14-33(26(2)11-13-30(40)15-21-38)44-34(41)36-19-17-35(5)18-20-36)32(24-39)27(3)22-29-9-6-10-31(23-29)45(42,43)37-16-7-8-28(37)4/h6,9-10,12,14,21-26,28,30,32-33,40H,7-8,11,13,15-20H2,1-5H3/b14-12+,27-22+/t25-,26+,28-,30-,32-,33-/m0/s1. The van der Waals surface area contributed by atoms with E-state index in [2.05, 4.69) is 4.90 Å². The highest BCUT2D eigenvalue weighted by Crippen LogP contribution is 2.28. The van der Waals surface area contributed by atoms with E-state index in [4.69, 9.17) is 4.74 Å². The van der Waals surface area contributed by atoms with Crippen molar-refractivity contribution in [1.29, 1.82) is 0 Å². The van der Waals surface area contributed by atoms with Gasteiger partial charge in [0.05, 0.1) is 11.0 Å². The Morgan fingerprint density at radius 2 is 1.80 bits per heavy atom. The van der Waals surface area contributed by atoms with Crippen molar-refractivity contribution in [3.8, 4) is 0 Å². The van der Waals surface area contributed by atoms with Crippen LogP contribution in [-0.4, -0.2) is 104 Å². The summed E-state index contributed by atoms with van der Waals surface area (Å²) >= 11 is 0. The maximum atomic E-state index is 13.3. The van der Waals surface area contributed by atoms with Gasteiger partial charge >= 0.3 is 6.09 Å². The molecule has 1 aromatic carbocycles. The number of carbonyl (C=O) groups is 3. The first-order valence-corrected chi connectivity index (χ1v) is 17.5. The monoisotopic (exact) mass is 645 g/mol. The first-order chi connectivity index (χ1) is 21.4. The molecule has 3 rings (SSSR count). The molecule has 0 aliphatic carbocycles. The number of aliphatic hydroxyl groups is 1. The van der Waals surface area contributed by atoms with Crippen LogP contribution in [0.2, 0.25) is 0 Å². The van der Waals surface area contributed by atoms with Crippen molar-refractivity contribution in [3.63, 3.8) is 0 Å². The summed E-state index contributed by atoms with van der Waals surface area (Å²) in [5.41, 5.74) is 1.48. The summed E-state index contributed by atoms with van der Waals surface area (Å²) in [6, 6.07) is 6.78. The molecule has 0 unspecified atom stereocenters. The molecule has 1 N–H and O–H groups in total. The van der Waals surface area contributed by atoms with Crippen LogP contribution in [0.15, 0.2) is 46.9 Å². The molecule has 250 valence electrons. The summed E-state index contributed by atoms with van der Waals surface area (Å²) in [7, 11) is -1.60. The number of hydrogen-bond acceptors (Lipinski definition) is 8. The molecule has 2 aliphatic heterocycles. The van der Waals surface area contributed by atoms with E-state index in [9.17, 15) is 27.9 Å². The molecule has 0 aromatic heterocycles. The van der Waals surface area contributed by atoms with Gasteiger partial charge in [0, 0.05) is 51.1 Å². The van der Waals surface area contributed by atoms with Crippen LogP contribution in [0.4, 0.5) is 4.79 Å². The summed E-state index contributed by atoms with van der Waals surface area (Å²) in [5, 5.41) is 10.1. The first-order valence-electron chi connectivity index (χ1n) is 16.1. The molecular weight excluding hydrogens is 594 g/mol. The molecule has 0 saturated carbocycles. The molecule has 2 aliphatic rings. The third-order valence-corrected chi connectivity index (χ3v) is 11.1. The number of aldehydes is 2. The zero-order chi connectivity index (χ0) is 33.1. The Labute approximate surface area is 269 Å². The number of allylic oxidation sites excluding steroid dienone is 2. The Hall–Kier alpha value is -2.86. The normalized spacial score (nSPS) is 22.1. The minimum atomic E-state index is -3.61. The predicted octanol–water partition coefficient (Wildman–Crippen LogP) is 4.39. The van der Waals surface area contributed by atoms with E-state index in [1.807, 2.05) is 59.0 Å². The second-order valence-corrected chi connectivity index (χ2v) is 14.6. The number of sulfonamides is 1. The average Bonchev–Trinajstić information content (AvgIpc) is 3.45. The summed E-state index contributed by atoms with van der Waals surface area (Å²) in [4.78, 5) is 40.2. The van der Waals surface area contributed by atoms with E-state index >= 15 is 0 Å². The van der Waals surface area contributed by atoms with Crippen molar-refractivity contribution in [1.82, 2.24) is 14.1 Å². The molecule has 0 radical (unpaired) electrons. The van der Waals surface area contributed by atoms with Gasteiger partial charge in [-0.2, -0.15) is 4.31 Å². The van der Waals surface area contributed by atoms with Crippen LogP contribution in [0.5, 0.6) is 0 Å². The van der Waals surface area contributed by atoms with E-state index in [1.165, 1.54) is 0 Å². The van der Waals surface area contributed by atoms with Crippen molar-refractivity contribution < 1.29 is 32.6 Å². The third kappa shape index (κ3) is 10.3. The van der Waals surface area contributed by atoms with E-state index in [0.717, 1.165) is 37.8 Å². The second kappa shape index (κ2) is 17.2. The van der Waals surface area contributed by atoms with Gasteiger partial charge in [-0.1, -0.05) is 43.7 Å². The molecule has 45 heavy (non-hydrogen) atoms. The van der Waals surface area contributed by atoms with E-state index in [-0.39, 0.29) is 29.2 Å². The first kappa shape index (κ1) is 36.6. The minimum Gasteiger partial charge on any atom is -0.442 e. The maximum absolute atomic E-state index is 13.3. The average molecular weight is 646 g/mol. The fourth-order valence-electron chi connectivity index (χ4n) is 5.95. The maximum Gasteiger partial charge on any atom is 0.410 e. The number of rotatable bonds is 15. The Morgan fingerprint density at radius 1 is 1.09 bits per heavy atom. The van der Waals surface area contributed by atoms with Gasteiger partial charge in [-0.15, -0.1) is 0 Å². The Balaban J connectivity index is 1.76. The van der Waals surface area contributed by atoms with Crippen molar-refractivity contribution in [2.24, 2.45) is 17.8 Å². The molecule has 6 atom stereocenters. The molecule has 10 nitrogen and oxygen atoms in total. The topological polar surface area (TPSA) is 125 Å². The zero-order valence-electron chi connectivity index (χ0n) is 27.4. The highest BCUT2D eigenvalue weighted by atomic mass is 32.2. The fourth-order valence-corrected chi connectivity index (χ4v) is 7.70. The number of hydrogen-bond donors (Lipinski definition) is 1. The number of likely N-dealkylation sites (N-methyl/N-ethyl adjacent to an activating group) is 1. The molecule has 2 fully saturated rings. The summed E-state index contributed by atoms with van der Waals surface area (Å²) in [6.45, 7) is 10.8. The molecule has 1 aromatic rings. The number of nitrogens with zero attached hydrogens (tertiary/aromatic N) is 3. The Bertz CT molecular complexity index is 1310. The van der Waals surface area contributed by atoms with Gasteiger partial charge in [-0.25, -0.2) is 13.2 Å². The van der Waals surface area contributed by atoms with E-state index in [1.54, 1.807) is 27.4 Å². The van der Waals surface area contributed by atoms with Crippen LogP contribution in [0.25, 0.3) is 6.08 Å². The molecule has 0 spiro atoms. The van der Waals surface area contributed by atoms with Crippen LogP contribution in [-0.2, 0) is 24.3 Å².